The summed E-state index contributed by atoms with van der Waals surface area (Å²) in [6.45, 7) is 3.33. The van der Waals surface area contributed by atoms with E-state index < -0.39 is 17.8 Å². The molecule has 0 fully saturated rings. The molecule has 0 bridgehead atoms. The van der Waals surface area contributed by atoms with Crippen LogP contribution in [0.3, 0.4) is 0 Å². The van der Waals surface area contributed by atoms with Crippen molar-refractivity contribution in [1.29, 1.82) is 0 Å². The van der Waals surface area contributed by atoms with Gasteiger partial charge in [0.05, 0.1) is 11.6 Å². The van der Waals surface area contributed by atoms with Crippen LogP contribution in [0.5, 0.6) is 0 Å². The first-order valence-corrected chi connectivity index (χ1v) is 9.49. The lowest BCUT2D eigenvalue weighted by molar-refractivity contribution is -0.143. The third-order valence-corrected chi connectivity index (χ3v) is 4.61. The van der Waals surface area contributed by atoms with E-state index in [-0.39, 0.29) is 11.9 Å². The van der Waals surface area contributed by atoms with Gasteiger partial charge in [0.25, 0.3) is 0 Å². The molecule has 0 saturated heterocycles. The number of pyridine rings is 1. The largest absolute Gasteiger partial charge is 0.481 e. The second-order valence-electron chi connectivity index (χ2n) is 6.84. The highest BCUT2D eigenvalue weighted by Crippen LogP contribution is 2.30. The molecule has 30 heavy (non-hydrogen) atoms. The molecule has 3 aromatic heterocycles. The second-order valence-corrected chi connectivity index (χ2v) is 6.84. The third kappa shape index (κ3) is 5.19. The Morgan fingerprint density at radius 3 is 2.47 bits per heavy atom. The van der Waals surface area contributed by atoms with Crippen LogP contribution in [0.25, 0.3) is 11.3 Å². The fourth-order valence-electron chi connectivity index (χ4n) is 3.20. The first kappa shape index (κ1) is 21.0. The molecular weight excluding hydrogens is 388 g/mol. The van der Waals surface area contributed by atoms with E-state index in [9.17, 15) is 14.7 Å². The number of H-pyrrole nitrogens is 1. The van der Waals surface area contributed by atoms with Gasteiger partial charge in [-0.2, -0.15) is 5.21 Å². The van der Waals surface area contributed by atoms with Crippen molar-refractivity contribution >= 4 is 17.8 Å². The van der Waals surface area contributed by atoms with E-state index in [2.05, 4.69) is 40.9 Å². The van der Waals surface area contributed by atoms with Gasteiger partial charge < -0.3 is 5.11 Å². The van der Waals surface area contributed by atoms with Crippen molar-refractivity contribution in [3.63, 3.8) is 0 Å². The minimum atomic E-state index is -0.882. The maximum absolute atomic E-state index is 11.8. The minimum Gasteiger partial charge on any atom is -0.481 e. The van der Waals surface area contributed by atoms with Gasteiger partial charge in [-0.3, -0.25) is 19.9 Å². The van der Waals surface area contributed by atoms with Crippen molar-refractivity contribution in [3.8, 4) is 11.3 Å². The molecule has 0 aromatic carbocycles. The summed E-state index contributed by atoms with van der Waals surface area (Å²) in [6.07, 6.45) is 6.50. The van der Waals surface area contributed by atoms with Gasteiger partial charge in [-0.1, -0.05) is 24.6 Å². The van der Waals surface area contributed by atoms with E-state index in [1.165, 1.54) is 6.92 Å². The second kappa shape index (κ2) is 9.63. The number of amides is 1. The Hall–Kier alpha value is -3.76. The number of carbonyl (C=O) groups excluding carboxylic acids is 1. The number of nitrogens with one attached hydrogen (secondary N) is 2. The number of carbonyl (C=O) groups is 2. The monoisotopic (exact) mass is 410 g/mol. The zero-order valence-electron chi connectivity index (χ0n) is 16.6. The molecule has 156 valence electrons. The molecule has 0 spiro atoms. The van der Waals surface area contributed by atoms with Gasteiger partial charge in [-0.15, -0.1) is 10.2 Å². The molecule has 0 aliphatic heterocycles. The van der Waals surface area contributed by atoms with E-state index >= 15 is 0 Å². The number of aliphatic carboxylic acids is 1. The number of aromatic amines is 1. The molecule has 11 nitrogen and oxygen atoms in total. The molecule has 3 heterocycles. The molecule has 3 N–H and O–H groups in total. The fourth-order valence-corrected chi connectivity index (χ4v) is 3.20. The van der Waals surface area contributed by atoms with Crippen LogP contribution >= 0.6 is 0 Å². The lowest BCUT2D eigenvalue weighted by Gasteiger charge is -2.20. The molecule has 2 atom stereocenters. The number of tetrazole rings is 1. The van der Waals surface area contributed by atoms with Crippen LogP contribution < -0.4 is 5.32 Å². The molecule has 3 aromatic rings. The van der Waals surface area contributed by atoms with E-state index in [1.807, 2.05) is 19.1 Å². The normalized spacial score (nSPS) is 12.9. The summed E-state index contributed by atoms with van der Waals surface area (Å²) in [6, 6.07) is 3.69. The highest BCUT2D eigenvalue weighted by molar-refractivity contribution is 5.86. The predicted octanol–water partition coefficient (Wildman–Crippen LogP) is 1.84. The first-order valence-electron chi connectivity index (χ1n) is 9.49. The average molecular weight is 410 g/mol. The number of rotatable bonds is 9. The average Bonchev–Trinajstić information content (AvgIpc) is 3.26. The van der Waals surface area contributed by atoms with Gasteiger partial charge in [-0.25, -0.2) is 9.97 Å². The van der Waals surface area contributed by atoms with E-state index in [0.717, 1.165) is 12.0 Å². The fraction of sp³-hybridized carbons (Fsp3) is 0.368. The Morgan fingerprint density at radius 2 is 1.93 bits per heavy atom. The summed E-state index contributed by atoms with van der Waals surface area (Å²) in [5, 5.41) is 26.2. The summed E-state index contributed by atoms with van der Waals surface area (Å²) in [4.78, 5) is 35.5. The lowest BCUT2D eigenvalue weighted by Crippen LogP contribution is -2.25. The molecule has 0 saturated carbocycles. The van der Waals surface area contributed by atoms with Crippen molar-refractivity contribution in [2.24, 2.45) is 5.92 Å². The van der Waals surface area contributed by atoms with Crippen LogP contribution in [0.1, 0.15) is 44.0 Å². The summed E-state index contributed by atoms with van der Waals surface area (Å²) in [5.41, 5.74) is 2.21. The Balaban J connectivity index is 1.78. The van der Waals surface area contributed by atoms with Crippen LogP contribution in [0, 0.1) is 5.92 Å². The molecule has 1 amide bonds. The van der Waals surface area contributed by atoms with E-state index in [1.54, 1.807) is 18.6 Å². The molecular formula is C19H22N8O3. The number of anilines is 1. The van der Waals surface area contributed by atoms with Gasteiger partial charge in [0, 0.05) is 37.0 Å². The molecule has 0 radical (unpaired) electrons. The smallest absolute Gasteiger partial charge is 0.307 e. The predicted molar refractivity (Wildman–Crippen MR) is 106 cm³/mol. The molecule has 11 heteroatoms. The standard InChI is InChI=1S/C19H22N8O3/c1-3-4-14(18(29)30)15(17-24-26-27-25-17)7-12-5-6-16(20-8-12)13-9-21-19(22-10-13)23-11(2)28/h5-6,8-10,14-15H,3-4,7H2,1-2H3,(H,29,30)(H,21,22,23,28)(H,24,25,26,27). The van der Waals surface area contributed by atoms with Gasteiger partial charge in [0.2, 0.25) is 11.9 Å². The summed E-state index contributed by atoms with van der Waals surface area (Å²) in [5.74, 6) is -1.57. The van der Waals surface area contributed by atoms with Crippen molar-refractivity contribution in [2.45, 2.75) is 39.0 Å². The number of carboxylic acid groups (broad SMARTS) is 1. The lowest BCUT2D eigenvalue weighted by atomic mass is 9.83. The molecule has 2 unspecified atom stereocenters. The first-order chi connectivity index (χ1) is 14.5. The van der Waals surface area contributed by atoms with Gasteiger partial charge in [0.1, 0.15) is 0 Å². The van der Waals surface area contributed by atoms with Crippen molar-refractivity contribution in [2.75, 3.05) is 5.32 Å². The minimum absolute atomic E-state index is 0.224. The topological polar surface area (TPSA) is 160 Å². The molecule has 0 aliphatic rings. The van der Waals surface area contributed by atoms with E-state index in [4.69, 9.17) is 0 Å². The summed E-state index contributed by atoms with van der Waals surface area (Å²) in [7, 11) is 0. The number of hydrogen-bond acceptors (Lipinski definition) is 8. The maximum atomic E-state index is 11.8. The van der Waals surface area contributed by atoms with Crippen LogP contribution in [0.4, 0.5) is 5.95 Å². The number of nitrogens with zero attached hydrogens (tertiary/aromatic N) is 6. The summed E-state index contributed by atoms with van der Waals surface area (Å²) < 4.78 is 0. The van der Waals surface area contributed by atoms with Gasteiger partial charge >= 0.3 is 5.97 Å². The van der Waals surface area contributed by atoms with Crippen LogP contribution in [-0.2, 0) is 16.0 Å². The van der Waals surface area contributed by atoms with Crippen LogP contribution in [0.2, 0.25) is 0 Å². The Bertz CT molecular complexity index is 974. The van der Waals surface area contributed by atoms with Crippen LogP contribution in [-0.4, -0.2) is 52.6 Å². The Labute approximate surface area is 172 Å². The molecule has 0 aliphatic carbocycles. The van der Waals surface area contributed by atoms with Gasteiger partial charge in [-0.05, 0) is 24.5 Å². The van der Waals surface area contributed by atoms with Crippen LogP contribution in [0.15, 0.2) is 30.7 Å². The van der Waals surface area contributed by atoms with Crippen molar-refractivity contribution < 1.29 is 14.7 Å². The zero-order chi connectivity index (χ0) is 21.5. The summed E-state index contributed by atoms with van der Waals surface area (Å²) >= 11 is 0. The Morgan fingerprint density at radius 1 is 1.17 bits per heavy atom. The molecule has 3 rings (SSSR count). The number of carboxylic acids is 1. The number of aromatic nitrogens is 7. The zero-order valence-corrected chi connectivity index (χ0v) is 16.6. The quantitative estimate of drug-likeness (QED) is 0.478. The van der Waals surface area contributed by atoms with Crippen molar-refractivity contribution in [3.05, 3.63) is 42.1 Å². The maximum Gasteiger partial charge on any atom is 0.307 e. The third-order valence-electron chi connectivity index (χ3n) is 4.61. The van der Waals surface area contributed by atoms with Gasteiger partial charge in [0.15, 0.2) is 5.82 Å². The highest BCUT2D eigenvalue weighted by Gasteiger charge is 2.32. The van der Waals surface area contributed by atoms with Crippen molar-refractivity contribution in [1.82, 2.24) is 35.6 Å². The highest BCUT2D eigenvalue weighted by atomic mass is 16.4. The Kier molecular flexibility index (Phi) is 6.73. The van der Waals surface area contributed by atoms with E-state index in [0.29, 0.717) is 29.9 Å². The SMILES string of the molecule is CCCC(C(=O)O)C(Cc1ccc(-c2cnc(NC(C)=O)nc2)nc1)c1nn[nH]n1. The number of hydrogen-bond donors (Lipinski definition) is 3.